The van der Waals surface area contributed by atoms with Crippen molar-refractivity contribution in [3.05, 3.63) is 24.1 Å². The molecule has 0 aromatic carbocycles. The third kappa shape index (κ3) is 1.95. The maximum Gasteiger partial charge on any atom is 0.243 e. The van der Waals surface area contributed by atoms with E-state index in [4.69, 9.17) is 5.73 Å². The number of nitrogens with two attached hydrogens (primary N) is 1. The van der Waals surface area contributed by atoms with E-state index in [0.29, 0.717) is 18.1 Å². The van der Waals surface area contributed by atoms with Crippen molar-refractivity contribution in [2.45, 2.75) is 24.8 Å². The predicted octanol–water partition coefficient (Wildman–Crippen LogP) is 1.16. The van der Waals surface area contributed by atoms with Crippen LogP contribution >= 0.6 is 0 Å². The Morgan fingerprint density at radius 3 is 3.00 bits per heavy atom. The lowest BCUT2D eigenvalue weighted by molar-refractivity contribution is 0.265. The van der Waals surface area contributed by atoms with Crippen LogP contribution in [0.5, 0.6) is 0 Å². The predicted molar refractivity (Wildman–Crippen MR) is 62.2 cm³/mol. The molecule has 2 heterocycles. The van der Waals surface area contributed by atoms with Crippen LogP contribution in [-0.2, 0) is 0 Å². The highest BCUT2D eigenvalue weighted by atomic mass is 19.1. The molecule has 0 bridgehead atoms. The van der Waals surface area contributed by atoms with Gasteiger partial charge in [0.1, 0.15) is 5.82 Å². The molecule has 2 aromatic rings. The van der Waals surface area contributed by atoms with Gasteiger partial charge in [-0.15, -0.1) is 5.10 Å². The number of pyridine rings is 1. The molecule has 0 atom stereocenters. The Bertz CT molecular complexity index is 546. The van der Waals surface area contributed by atoms with Gasteiger partial charge >= 0.3 is 0 Å². The lowest BCUT2D eigenvalue weighted by atomic mass is 9.78. The van der Waals surface area contributed by atoms with Crippen molar-refractivity contribution in [1.82, 2.24) is 14.6 Å². The molecule has 90 valence electrons. The van der Waals surface area contributed by atoms with Gasteiger partial charge in [-0.3, -0.25) is 0 Å². The van der Waals surface area contributed by atoms with Gasteiger partial charge in [-0.25, -0.2) is 8.91 Å². The summed E-state index contributed by atoms with van der Waals surface area (Å²) in [5.41, 5.74) is 6.58. The summed E-state index contributed by atoms with van der Waals surface area (Å²) in [7, 11) is 0. The highest BCUT2D eigenvalue weighted by Gasteiger charge is 2.32. The number of fused-ring (bicyclic) bond motifs is 1. The van der Waals surface area contributed by atoms with E-state index in [0.717, 1.165) is 12.8 Å². The van der Waals surface area contributed by atoms with Crippen LogP contribution in [0.15, 0.2) is 18.3 Å². The summed E-state index contributed by atoms with van der Waals surface area (Å²) in [6, 6.07) is 2.96. The van der Waals surface area contributed by atoms with Gasteiger partial charge < -0.3 is 11.1 Å². The lowest BCUT2D eigenvalue weighted by Crippen LogP contribution is -2.52. The highest BCUT2D eigenvalue weighted by molar-refractivity contribution is 5.43. The number of hydrogen-bond acceptors (Lipinski definition) is 4. The summed E-state index contributed by atoms with van der Waals surface area (Å²) in [6.07, 6.45) is 4.54. The molecule has 1 aliphatic rings. The van der Waals surface area contributed by atoms with Crippen LogP contribution in [-0.4, -0.2) is 26.7 Å². The number of rotatable bonds is 3. The minimum absolute atomic E-state index is 0.122. The molecule has 0 amide bonds. The van der Waals surface area contributed by atoms with Crippen molar-refractivity contribution in [1.29, 1.82) is 0 Å². The summed E-state index contributed by atoms with van der Waals surface area (Å²) < 4.78 is 14.4. The molecule has 1 fully saturated rings. The average Bonchev–Trinajstić information content (AvgIpc) is 2.65. The van der Waals surface area contributed by atoms with Gasteiger partial charge in [0.25, 0.3) is 0 Å². The second-order valence-electron chi connectivity index (χ2n) is 4.65. The summed E-state index contributed by atoms with van der Waals surface area (Å²) in [5.74, 6) is 0.163. The second kappa shape index (κ2) is 3.66. The van der Waals surface area contributed by atoms with E-state index in [2.05, 4.69) is 15.4 Å². The molecule has 17 heavy (non-hydrogen) atoms. The number of nitrogens with zero attached hydrogens (tertiary/aromatic N) is 3. The van der Waals surface area contributed by atoms with Crippen LogP contribution in [0.25, 0.3) is 5.65 Å². The molecule has 2 aromatic heterocycles. The molecular formula is C11H14FN5. The lowest BCUT2D eigenvalue weighted by Gasteiger charge is -2.37. The van der Waals surface area contributed by atoms with Crippen molar-refractivity contribution >= 4 is 11.6 Å². The molecule has 0 saturated heterocycles. The summed E-state index contributed by atoms with van der Waals surface area (Å²) in [6.45, 7) is 0.659. The first-order chi connectivity index (χ1) is 8.15. The third-order valence-corrected chi connectivity index (χ3v) is 3.24. The molecule has 3 N–H and O–H groups in total. The molecule has 5 nitrogen and oxygen atoms in total. The Kier molecular flexibility index (Phi) is 2.25. The molecule has 0 spiro atoms. The molecule has 1 aliphatic carbocycles. The number of hydrogen-bond donors (Lipinski definition) is 2. The van der Waals surface area contributed by atoms with Crippen LogP contribution in [0.1, 0.15) is 19.3 Å². The summed E-state index contributed by atoms with van der Waals surface area (Å²) >= 11 is 0. The SMILES string of the molecule is NC1(CNc2nc3ccc(F)cn3n2)CCC1. The minimum atomic E-state index is -0.330. The van der Waals surface area contributed by atoms with E-state index in [1.54, 1.807) is 6.07 Å². The van der Waals surface area contributed by atoms with Crippen molar-refractivity contribution in [2.75, 3.05) is 11.9 Å². The fraction of sp³-hybridized carbons (Fsp3) is 0.455. The Labute approximate surface area is 97.8 Å². The Hall–Kier alpha value is -1.69. The van der Waals surface area contributed by atoms with E-state index in [1.807, 2.05) is 0 Å². The Morgan fingerprint density at radius 2 is 2.29 bits per heavy atom. The van der Waals surface area contributed by atoms with E-state index >= 15 is 0 Å². The van der Waals surface area contributed by atoms with Crippen LogP contribution in [0.3, 0.4) is 0 Å². The molecule has 6 heteroatoms. The van der Waals surface area contributed by atoms with Gasteiger partial charge in [-0.1, -0.05) is 0 Å². The van der Waals surface area contributed by atoms with Crippen molar-refractivity contribution in [3.63, 3.8) is 0 Å². The van der Waals surface area contributed by atoms with Gasteiger partial charge in [-0.05, 0) is 31.4 Å². The number of anilines is 1. The normalized spacial score (nSPS) is 18.0. The topological polar surface area (TPSA) is 68.2 Å². The summed E-state index contributed by atoms with van der Waals surface area (Å²) in [5, 5.41) is 7.24. The number of aromatic nitrogens is 3. The second-order valence-corrected chi connectivity index (χ2v) is 4.65. The van der Waals surface area contributed by atoms with Gasteiger partial charge in [0.05, 0.1) is 6.20 Å². The minimum Gasteiger partial charge on any atom is -0.351 e. The van der Waals surface area contributed by atoms with Crippen molar-refractivity contribution in [3.8, 4) is 0 Å². The van der Waals surface area contributed by atoms with Crippen LogP contribution in [0.4, 0.5) is 10.3 Å². The van der Waals surface area contributed by atoms with E-state index in [1.165, 1.54) is 23.2 Å². The standard InChI is InChI=1S/C11H14FN5/c12-8-2-3-9-15-10(16-17(9)6-8)14-7-11(13)4-1-5-11/h2-3,6H,1,4-5,7,13H2,(H,14,16). The Balaban J connectivity index is 1.76. The van der Waals surface area contributed by atoms with Gasteiger partial charge in [0, 0.05) is 12.1 Å². The molecule has 1 saturated carbocycles. The van der Waals surface area contributed by atoms with Gasteiger partial charge in [0.15, 0.2) is 5.65 Å². The quantitative estimate of drug-likeness (QED) is 0.837. The van der Waals surface area contributed by atoms with Gasteiger partial charge in [0.2, 0.25) is 5.95 Å². The van der Waals surface area contributed by atoms with Crippen molar-refractivity contribution in [2.24, 2.45) is 5.73 Å². The highest BCUT2D eigenvalue weighted by Crippen LogP contribution is 2.28. The molecular weight excluding hydrogens is 221 g/mol. The average molecular weight is 235 g/mol. The fourth-order valence-electron chi connectivity index (χ4n) is 2.00. The fourth-order valence-corrected chi connectivity index (χ4v) is 2.00. The van der Waals surface area contributed by atoms with Crippen LogP contribution in [0, 0.1) is 5.82 Å². The molecule has 0 unspecified atom stereocenters. The van der Waals surface area contributed by atoms with E-state index < -0.39 is 0 Å². The van der Waals surface area contributed by atoms with Gasteiger partial charge in [-0.2, -0.15) is 4.98 Å². The summed E-state index contributed by atoms with van der Waals surface area (Å²) in [4.78, 5) is 4.23. The zero-order valence-corrected chi connectivity index (χ0v) is 9.36. The largest absolute Gasteiger partial charge is 0.351 e. The monoisotopic (exact) mass is 235 g/mol. The zero-order valence-electron chi connectivity index (χ0n) is 9.36. The molecule has 3 rings (SSSR count). The maximum atomic E-state index is 13.0. The first kappa shape index (κ1) is 10.5. The smallest absolute Gasteiger partial charge is 0.243 e. The first-order valence-corrected chi connectivity index (χ1v) is 5.69. The Morgan fingerprint density at radius 1 is 1.47 bits per heavy atom. The maximum absolute atomic E-state index is 13.0. The molecule has 0 radical (unpaired) electrons. The third-order valence-electron chi connectivity index (χ3n) is 3.24. The first-order valence-electron chi connectivity index (χ1n) is 5.69. The number of nitrogens with one attached hydrogen (secondary N) is 1. The van der Waals surface area contributed by atoms with Crippen molar-refractivity contribution < 1.29 is 4.39 Å². The zero-order chi connectivity index (χ0) is 11.9. The van der Waals surface area contributed by atoms with E-state index in [9.17, 15) is 4.39 Å². The number of halogens is 1. The molecule has 0 aliphatic heterocycles. The van der Waals surface area contributed by atoms with E-state index in [-0.39, 0.29) is 11.4 Å². The van der Waals surface area contributed by atoms with Crippen LogP contribution < -0.4 is 11.1 Å². The van der Waals surface area contributed by atoms with Crippen LogP contribution in [0.2, 0.25) is 0 Å².